The summed E-state index contributed by atoms with van der Waals surface area (Å²) in [4.78, 5) is 11.7. The standard InChI is InChI=1S/C15H27NO/c1-2-3-4-9-12-16-15(17)13-14-10-7-5-6-8-11-14/h7,10,14H,2-6,8-9,11-13H2,1H3,(H,16,17). The van der Waals surface area contributed by atoms with Crippen LogP contribution in [0.1, 0.15) is 64.7 Å². The van der Waals surface area contributed by atoms with Crippen molar-refractivity contribution in [3.63, 3.8) is 0 Å². The Bertz CT molecular complexity index is 235. The van der Waals surface area contributed by atoms with Crippen molar-refractivity contribution in [2.75, 3.05) is 6.54 Å². The lowest BCUT2D eigenvalue weighted by atomic mass is 9.99. The molecule has 0 aromatic heterocycles. The number of hydrogen-bond acceptors (Lipinski definition) is 1. The van der Waals surface area contributed by atoms with Crippen molar-refractivity contribution < 1.29 is 4.79 Å². The van der Waals surface area contributed by atoms with E-state index in [4.69, 9.17) is 0 Å². The van der Waals surface area contributed by atoms with Crippen molar-refractivity contribution in [3.8, 4) is 0 Å². The lowest BCUT2D eigenvalue weighted by Gasteiger charge is -2.11. The Morgan fingerprint density at radius 2 is 2.18 bits per heavy atom. The number of carbonyl (C=O) groups is 1. The summed E-state index contributed by atoms with van der Waals surface area (Å²) in [6.07, 6.45) is 15.0. The van der Waals surface area contributed by atoms with E-state index in [1.807, 2.05) is 0 Å². The van der Waals surface area contributed by atoms with Crippen LogP contribution in [0.2, 0.25) is 0 Å². The van der Waals surface area contributed by atoms with E-state index in [9.17, 15) is 4.79 Å². The second-order valence-corrected chi connectivity index (χ2v) is 5.09. The van der Waals surface area contributed by atoms with Gasteiger partial charge in [0.1, 0.15) is 0 Å². The molecule has 0 saturated carbocycles. The molecule has 1 amide bonds. The van der Waals surface area contributed by atoms with E-state index in [2.05, 4.69) is 24.4 Å². The Kier molecular flexibility index (Phi) is 7.78. The van der Waals surface area contributed by atoms with Gasteiger partial charge in [0.2, 0.25) is 5.91 Å². The number of nitrogens with one attached hydrogen (secondary N) is 1. The Labute approximate surface area is 106 Å². The van der Waals surface area contributed by atoms with Gasteiger partial charge in [-0.1, -0.05) is 44.8 Å². The van der Waals surface area contributed by atoms with E-state index >= 15 is 0 Å². The highest BCUT2D eigenvalue weighted by Gasteiger charge is 2.11. The van der Waals surface area contributed by atoms with Crippen LogP contribution in [-0.4, -0.2) is 12.5 Å². The molecule has 0 heterocycles. The van der Waals surface area contributed by atoms with Gasteiger partial charge in [-0.15, -0.1) is 0 Å². The lowest BCUT2D eigenvalue weighted by Crippen LogP contribution is -2.26. The van der Waals surface area contributed by atoms with Crippen LogP contribution in [0, 0.1) is 5.92 Å². The summed E-state index contributed by atoms with van der Waals surface area (Å²) in [5.74, 6) is 0.714. The summed E-state index contributed by atoms with van der Waals surface area (Å²) in [6, 6.07) is 0. The zero-order valence-corrected chi connectivity index (χ0v) is 11.2. The molecule has 0 aliphatic heterocycles. The van der Waals surface area contributed by atoms with Crippen LogP contribution in [0.4, 0.5) is 0 Å². The van der Waals surface area contributed by atoms with Crippen LogP contribution in [0.5, 0.6) is 0 Å². The van der Waals surface area contributed by atoms with Crippen molar-refractivity contribution in [1.29, 1.82) is 0 Å². The van der Waals surface area contributed by atoms with E-state index in [-0.39, 0.29) is 5.91 Å². The maximum atomic E-state index is 11.7. The molecule has 17 heavy (non-hydrogen) atoms. The predicted octanol–water partition coefficient (Wildman–Crippen LogP) is 3.82. The smallest absolute Gasteiger partial charge is 0.220 e. The maximum Gasteiger partial charge on any atom is 0.220 e. The highest BCUT2D eigenvalue weighted by molar-refractivity contribution is 5.76. The van der Waals surface area contributed by atoms with Gasteiger partial charge in [-0.25, -0.2) is 0 Å². The van der Waals surface area contributed by atoms with Gasteiger partial charge in [-0.3, -0.25) is 4.79 Å². The second kappa shape index (κ2) is 9.26. The lowest BCUT2D eigenvalue weighted by molar-refractivity contribution is -0.121. The van der Waals surface area contributed by atoms with Gasteiger partial charge in [-0.2, -0.15) is 0 Å². The Balaban J connectivity index is 2.07. The molecule has 0 radical (unpaired) electrons. The molecule has 0 aromatic rings. The summed E-state index contributed by atoms with van der Waals surface area (Å²) in [7, 11) is 0. The predicted molar refractivity (Wildman–Crippen MR) is 72.9 cm³/mol. The fourth-order valence-corrected chi connectivity index (χ4v) is 2.31. The molecule has 2 heteroatoms. The summed E-state index contributed by atoms with van der Waals surface area (Å²) in [5.41, 5.74) is 0. The molecular weight excluding hydrogens is 210 g/mol. The van der Waals surface area contributed by atoms with E-state index < -0.39 is 0 Å². The molecule has 2 nitrogen and oxygen atoms in total. The Hall–Kier alpha value is -0.790. The van der Waals surface area contributed by atoms with Crippen molar-refractivity contribution in [1.82, 2.24) is 5.32 Å². The fraction of sp³-hybridized carbons (Fsp3) is 0.800. The van der Waals surface area contributed by atoms with E-state index in [1.54, 1.807) is 0 Å². The number of rotatable bonds is 7. The van der Waals surface area contributed by atoms with Gasteiger partial charge in [0.15, 0.2) is 0 Å². The number of hydrogen-bond donors (Lipinski definition) is 1. The molecule has 0 bridgehead atoms. The molecule has 0 spiro atoms. The summed E-state index contributed by atoms with van der Waals surface area (Å²) in [5, 5.41) is 3.04. The first-order valence-electron chi connectivity index (χ1n) is 7.26. The Morgan fingerprint density at radius 3 is 3.00 bits per heavy atom. The maximum absolute atomic E-state index is 11.7. The number of amides is 1. The molecule has 0 saturated heterocycles. The molecule has 1 aliphatic carbocycles. The average molecular weight is 237 g/mol. The monoisotopic (exact) mass is 237 g/mol. The highest BCUT2D eigenvalue weighted by atomic mass is 16.1. The van der Waals surface area contributed by atoms with Crippen LogP contribution in [0.25, 0.3) is 0 Å². The molecular formula is C15H27NO. The highest BCUT2D eigenvalue weighted by Crippen LogP contribution is 2.19. The van der Waals surface area contributed by atoms with Crippen molar-refractivity contribution >= 4 is 5.91 Å². The van der Waals surface area contributed by atoms with Gasteiger partial charge in [0.25, 0.3) is 0 Å². The first kappa shape index (κ1) is 14.3. The SMILES string of the molecule is CCCCCCNC(=O)CC1C=CCCCC1. The quantitative estimate of drug-likeness (QED) is 0.529. The van der Waals surface area contributed by atoms with Crippen LogP contribution in [0.3, 0.4) is 0 Å². The Morgan fingerprint density at radius 1 is 1.29 bits per heavy atom. The minimum Gasteiger partial charge on any atom is -0.356 e. The van der Waals surface area contributed by atoms with Crippen molar-refractivity contribution in [2.45, 2.75) is 64.7 Å². The zero-order valence-electron chi connectivity index (χ0n) is 11.2. The topological polar surface area (TPSA) is 29.1 Å². The minimum atomic E-state index is 0.234. The zero-order chi connectivity index (χ0) is 12.3. The number of allylic oxidation sites excluding steroid dienone is 2. The third kappa shape index (κ3) is 7.19. The molecule has 1 rings (SSSR count). The third-order valence-electron chi connectivity index (χ3n) is 3.40. The largest absolute Gasteiger partial charge is 0.356 e. The molecule has 1 atom stereocenters. The molecule has 0 aromatic carbocycles. The first-order chi connectivity index (χ1) is 8.33. The van der Waals surface area contributed by atoms with E-state index in [0.29, 0.717) is 12.3 Å². The van der Waals surface area contributed by atoms with Crippen LogP contribution in [-0.2, 0) is 4.79 Å². The van der Waals surface area contributed by atoms with Gasteiger partial charge in [-0.05, 0) is 31.6 Å². The van der Waals surface area contributed by atoms with Crippen LogP contribution < -0.4 is 5.32 Å². The second-order valence-electron chi connectivity index (χ2n) is 5.09. The van der Waals surface area contributed by atoms with Crippen LogP contribution in [0.15, 0.2) is 12.2 Å². The normalized spacial score (nSPS) is 19.9. The minimum absolute atomic E-state index is 0.234. The summed E-state index contributed by atoms with van der Waals surface area (Å²) >= 11 is 0. The van der Waals surface area contributed by atoms with E-state index in [0.717, 1.165) is 13.0 Å². The van der Waals surface area contributed by atoms with E-state index in [1.165, 1.54) is 44.9 Å². The molecule has 1 N–H and O–H groups in total. The molecule has 98 valence electrons. The van der Waals surface area contributed by atoms with Gasteiger partial charge < -0.3 is 5.32 Å². The fourth-order valence-electron chi connectivity index (χ4n) is 2.31. The van der Waals surface area contributed by atoms with Gasteiger partial charge in [0, 0.05) is 13.0 Å². The molecule has 1 unspecified atom stereocenters. The molecule has 1 aliphatic rings. The molecule has 0 fully saturated rings. The van der Waals surface area contributed by atoms with Gasteiger partial charge >= 0.3 is 0 Å². The van der Waals surface area contributed by atoms with Crippen molar-refractivity contribution in [3.05, 3.63) is 12.2 Å². The van der Waals surface area contributed by atoms with Gasteiger partial charge in [0.05, 0.1) is 0 Å². The summed E-state index contributed by atoms with van der Waals surface area (Å²) < 4.78 is 0. The van der Waals surface area contributed by atoms with Crippen LogP contribution >= 0.6 is 0 Å². The third-order valence-corrected chi connectivity index (χ3v) is 3.40. The first-order valence-corrected chi connectivity index (χ1v) is 7.26. The number of unbranched alkanes of at least 4 members (excludes halogenated alkanes) is 3. The average Bonchev–Trinajstić information content (AvgIpc) is 2.57. The van der Waals surface area contributed by atoms with Crippen molar-refractivity contribution in [2.24, 2.45) is 5.92 Å². The summed E-state index contributed by atoms with van der Waals surface area (Å²) in [6.45, 7) is 3.06. The number of carbonyl (C=O) groups excluding carboxylic acids is 1.